The summed E-state index contributed by atoms with van der Waals surface area (Å²) in [5.74, 6) is -0.657. The number of sulfonamides is 1. The smallest absolute Gasteiger partial charge is 0.339 e. The summed E-state index contributed by atoms with van der Waals surface area (Å²) in [7, 11) is -2.65. The number of esters is 1. The molecule has 3 aromatic rings. The van der Waals surface area contributed by atoms with Gasteiger partial charge in [0.1, 0.15) is 11.9 Å². The minimum absolute atomic E-state index is 0.0895. The van der Waals surface area contributed by atoms with Gasteiger partial charge in [0.2, 0.25) is 5.91 Å². The van der Waals surface area contributed by atoms with Gasteiger partial charge in [-0.05, 0) is 42.5 Å². The van der Waals surface area contributed by atoms with Crippen molar-refractivity contribution in [1.29, 1.82) is 0 Å². The largest absolute Gasteiger partial charge is 0.495 e. The molecule has 1 unspecified atom stereocenters. The highest BCUT2D eigenvalue weighted by Gasteiger charge is 2.32. The maximum absolute atomic E-state index is 12.8. The van der Waals surface area contributed by atoms with E-state index in [2.05, 4.69) is 10.0 Å². The topological polar surface area (TPSA) is 111 Å². The maximum Gasteiger partial charge on any atom is 0.339 e. The summed E-state index contributed by atoms with van der Waals surface area (Å²) in [6.45, 7) is 0. The van der Waals surface area contributed by atoms with E-state index < -0.39 is 28.0 Å². The van der Waals surface area contributed by atoms with Crippen LogP contribution in [0.4, 0.5) is 11.4 Å². The lowest BCUT2D eigenvalue weighted by Gasteiger charge is -2.15. The Hall–Kier alpha value is -3.27. The molecule has 8 nitrogen and oxygen atoms in total. The van der Waals surface area contributed by atoms with E-state index in [1.807, 2.05) is 0 Å². The van der Waals surface area contributed by atoms with Gasteiger partial charge < -0.3 is 14.8 Å². The number of ether oxygens (including phenoxy) is 2. The molecule has 0 radical (unpaired) electrons. The standard InChI is InChI=1S/C23H18Cl2N2O6S/c1-32-20-9-6-13(10-19(20)27-34(30,31)14-7-8-17(24)18(25)11-14)26-22(28)12-21-15-4-2-3-5-16(15)23(29)33-21/h2-11,21,27H,12H2,1H3,(H,26,28). The number of carbonyl (C=O) groups is 2. The lowest BCUT2D eigenvalue weighted by Crippen LogP contribution is -2.17. The molecule has 1 atom stereocenters. The fraction of sp³-hybridized carbons (Fsp3) is 0.130. The summed E-state index contributed by atoms with van der Waals surface area (Å²) in [5, 5.41) is 3.00. The summed E-state index contributed by atoms with van der Waals surface area (Å²) in [5.41, 5.74) is 1.50. The first-order chi connectivity index (χ1) is 16.2. The van der Waals surface area contributed by atoms with Gasteiger partial charge in [0.15, 0.2) is 0 Å². The minimum atomic E-state index is -4.03. The molecule has 1 amide bonds. The molecule has 1 aliphatic heterocycles. The minimum Gasteiger partial charge on any atom is -0.495 e. The Kier molecular flexibility index (Phi) is 6.70. The summed E-state index contributed by atoms with van der Waals surface area (Å²) >= 11 is 11.8. The number of anilines is 2. The molecule has 1 aliphatic rings. The molecule has 4 rings (SSSR count). The molecule has 0 bridgehead atoms. The Morgan fingerprint density at radius 1 is 1.06 bits per heavy atom. The van der Waals surface area contributed by atoms with Crippen LogP contribution in [0.2, 0.25) is 10.0 Å². The van der Waals surface area contributed by atoms with Crippen molar-refractivity contribution in [2.75, 3.05) is 17.1 Å². The summed E-state index contributed by atoms with van der Waals surface area (Å²) in [6.07, 6.45) is -0.798. The van der Waals surface area contributed by atoms with Crippen LogP contribution in [0, 0.1) is 0 Å². The highest BCUT2D eigenvalue weighted by atomic mass is 35.5. The highest BCUT2D eigenvalue weighted by Crippen LogP contribution is 2.34. The van der Waals surface area contributed by atoms with Crippen LogP contribution in [0.5, 0.6) is 5.75 Å². The third-order valence-electron chi connectivity index (χ3n) is 5.08. The van der Waals surface area contributed by atoms with E-state index in [0.717, 1.165) is 0 Å². The first kappa shape index (κ1) is 23.9. The SMILES string of the molecule is COc1ccc(NC(=O)CC2OC(=O)c3ccccc32)cc1NS(=O)(=O)c1ccc(Cl)c(Cl)c1. The average molecular weight is 521 g/mol. The van der Waals surface area contributed by atoms with Crippen molar-refractivity contribution in [3.8, 4) is 5.75 Å². The molecule has 3 aromatic carbocycles. The van der Waals surface area contributed by atoms with E-state index in [1.54, 1.807) is 30.3 Å². The van der Waals surface area contributed by atoms with Gasteiger partial charge in [0.25, 0.3) is 10.0 Å². The predicted octanol–water partition coefficient (Wildman–Crippen LogP) is 5.04. The van der Waals surface area contributed by atoms with Crippen LogP contribution < -0.4 is 14.8 Å². The second-order valence-electron chi connectivity index (χ2n) is 7.33. The molecule has 0 spiro atoms. The fourth-order valence-corrected chi connectivity index (χ4v) is 4.91. The fourth-order valence-electron chi connectivity index (χ4n) is 3.47. The lowest BCUT2D eigenvalue weighted by molar-refractivity contribution is -0.118. The molecule has 2 N–H and O–H groups in total. The Morgan fingerprint density at radius 3 is 2.56 bits per heavy atom. The zero-order valence-electron chi connectivity index (χ0n) is 17.7. The van der Waals surface area contributed by atoms with Crippen LogP contribution in [-0.2, 0) is 19.6 Å². The van der Waals surface area contributed by atoms with Crippen LogP contribution in [0.1, 0.15) is 28.4 Å². The van der Waals surface area contributed by atoms with E-state index >= 15 is 0 Å². The van der Waals surface area contributed by atoms with E-state index in [4.69, 9.17) is 32.7 Å². The number of fused-ring (bicyclic) bond motifs is 1. The number of amides is 1. The zero-order valence-corrected chi connectivity index (χ0v) is 20.0. The van der Waals surface area contributed by atoms with Gasteiger partial charge in [0, 0.05) is 11.3 Å². The summed E-state index contributed by atoms with van der Waals surface area (Å²) in [6, 6.07) is 15.3. The Morgan fingerprint density at radius 2 is 1.82 bits per heavy atom. The van der Waals surface area contributed by atoms with Crippen LogP contribution in [0.3, 0.4) is 0 Å². The van der Waals surface area contributed by atoms with Crippen molar-refractivity contribution in [3.63, 3.8) is 0 Å². The number of hydrogen-bond donors (Lipinski definition) is 2. The summed E-state index contributed by atoms with van der Waals surface area (Å²) in [4.78, 5) is 24.5. The van der Waals surface area contributed by atoms with Gasteiger partial charge in [-0.1, -0.05) is 41.4 Å². The number of hydrogen-bond acceptors (Lipinski definition) is 6. The monoisotopic (exact) mass is 520 g/mol. The Bertz CT molecular complexity index is 1390. The molecule has 34 heavy (non-hydrogen) atoms. The molecule has 0 fully saturated rings. The molecule has 176 valence electrons. The quantitative estimate of drug-likeness (QED) is 0.422. The molecular formula is C23H18Cl2N2O6S. The molecule has 0 aromatic heterocycles. The number of halogens is 2. The zero-order chi connectivity index (χ0) is 24.5. The molecule has 0 saturated heterocycles. The van der Waals surface area contributed by atoms with Crippen LogP contribution in [-0.4, -0.2) is 27.4 Å². The van der Waals surface area contributed by atoms with Gasteiger partial charge in [-0.2, -0.15) is 0 Å². The van der Waals surface area contributed by atoms with E-state index in [1.165, 1.54) is 37.4 Å². The molecule has 11 heteroatoms. The van der Waals surface area contributed by atoms with Crippen molar-refractivity contribution in [2.45, 2.75) is 17.4 Å². The van der Waals surface area contributed by atoms with Crippen LogP contribution in [0.25, 0.3) is 0 Å². The molecular weight excluding hydrogens is 503 g/mol. The number of methoxy groups -OCH3 is 1. The highest BCUT2D eigenvalue weighted by molar-refractivity contribution is 7.92. The number of nitrogens with one attached hydrogen (secondary N) is 2. The van der Waals surface area contributed by atoms with Gasteiger partial charge in [-0.25, -0.2) is 13.2 Å². The van der Waals surface area contributed by atoms with Gasteiger partial charge >= 0.3 is 5.97 Å². The first-order valence-electron chi connectivity index (χ1n) is 9.93. The average Bonchev–Trinajstić information content (AvgIpc) is 3.11. The molecule has 1 heterocycles. The van der Waals surface area contributed by atoms with Crippen molar-refractivity contribution < 1.29 is 27.5 Å². The second kappa shape index (κ2) is 9.54. The maximum atomic E-state index is 12.8. The van der Waals surface area contributed by atoms with E-state index in [-0.39, 0.29) is 32.8 Å². The van der Waals surface area contributed by atoms with Gasteiger partial charge in [0.05, 0.1) is 39.7 Å². The van der Waals surface area contributed by atoms with E-state index in [0.29, 0.717) is 16.8 Å². The predicted molar refractivity (Wildman–Crippen MR) is 128 cm³/mol. The normalized spacial score (nSPS) is 14.8. The van der Waals surface area contributed by atoms with Crippen LogP contribution in [0.15, 0.2) is 65.6 Å². The number of cyclic esters (lactones) is 1. The van der Waals surface area contributed by atoms with Crippen molar-refractivity contribution in [3.05, 3.63) is 81.8 Å². The molecule has 0 saturated carbocycles. The molecule has 0 aliphatic carbocycles. The van der Waals surface area contributed by atoms with Gasteiger partial charge in [-0.15, -0.1) is 0 Å². The van der Waals surface area contributed by atoms with Crippen molar-refractivity contribution >= 4 is 56.5 Å². The van der Waals surface area contributed by atoms with E-state index in [9.17, 15) is 18.0 Å². The Balaban J connectivity index is 1.52. The number of rotatable bonds is 7. The van der Waals surface area contributed by atoms with Crippen molar-refractivity contribution in [2.24, 2.45) is 0 Å². The van der Waals surface area contributed by atoms with Crippen LogP contribution >= 0.6 is 23.2 Å². The number of benzene rings is 3. The Labute approximate surface area is 205 Å². The van der Waals surface area contributed by atoms with Crippen molar-refractivity contribution in [1.82, 2.24) is 0 Å². The van der Waals surface area contributed by atoms with Gasteiger partial charge in [-0.3, -0.25) is 9.52 Å². The number of carbonyl (C=O) groups excluding carboxylic acids is 2. The lowest BCUT2D eigenvalue weighted by atomic mass is 10.0. The third kappa shape index (κ3) is 4.96. The first-order valence-corrected chi connectivity index (χ1v) is 12.2. The summed E-state index contributed by atoms with van der Waals surface area (Å²) < 4.78 is 38.7. The second-order valence-corrected chi connectivity index (χ2v) is 9.83. The third-order valence-corrected chi connectivity index (χ3v) is 7.18.